The molecule has 0 bridgehead atoms. The lowest BCUT2D eigenvalue weighted by Gasteiger charge is -2.41. The Bertz CT molecular complexity index is 874. The minimum Gasteiger partial charge on any atom is -0.393 e. The summed E-state index contributed by atoms with van der Waals surface area (Å²) < 4.78 is 0. The first-order valence-electron chi connectivity index (χ1n) is 10.6. The summed E-state index contributed by atoms with van der Waals surface area (Å²) >= 11 is 0. The number of likely N-dealkylation sites (tertiary alicyclic amines) is 1. The molecule has 3 fully saturated rings. The van der Waals surface area contributed by atoms with Crippen molar-refractivity contribution in [1.82, 2.24) is 14.9 Å². The number of nitrogens with zero attached hydrogens (tertiary/aromatic N) is 4. The molecule has 1 amide bonds. The van der Waals surface area contributed by atoms with Crippen molar-refractivity contribution in [3.05, 3.63) is 30.6 Å². The van der Waals surface area contributed by atoms with Gasteiger partial charge in [0.05, 0.1) is 17.0 Å². The average molecular weight is 380 g/mol. The molecule has 28 heavy (non-hydrogen) atoms. The highest BCUT2D eigenvalue weighted by molar-refractivity contribution is 5.90. The highest BCUT2D eigenvalue weighted by Crippen LogP contribution is 2.43. The fourth-order valence-corrected chi connectivity index (χ4v) is 5.50. The summed E-state index contributed by atoms with van der Waals surface area (Å²) in [5, 5.41) is 10.9. The van der Waals surface area contributed by atoms with Gasteiger partial charge in [-0.15, -0.1) is 0 Å². The lowest BCUT2D eigenvalue weighted by molar-refractivity contribution is -0.139. The molecule has 0 radical (unpaired) electrons. The van der Waals surface area contributed by atoms with Gasteiger partial charge in [0, 0.05) is 31.1 Å². The zero-order chi connectivity index (χ0) is 19.1. The molecule has 1 N–H and O–H groups in total. The second-order valence-electron chi connectivity index (χ2n) is 8.73. The number of aliphatic hydroxyl groups is 1. The number of carbonyl (C=O) groups is 1. The van der Waals surface area contributed by atoms with E-state index in [4.69, 9.17) is 0 Å². The van der Waals surface area contributed by atoms with Crippen molar-refractivity contribution in [3.63, 3.8) is 0 Å². The van der Waals surface area contributed by atoms with Crippen LogP contribution in [-0.2, 0) is 4.79 Å². The van der Waals surface area contributed by atoms with Gasteiger partial charge in [-0.25, -0.2) is 9.97 Å². The van der Waals surface area contributed by atoms with Crippen LogP contribution in [0.4, 0.5) is 5.82 Å². The molecule has 1 unspecified atom stereocenters. The van der Waals surface area contributed by atoms with Crippen molar-refractivity contribution < 1.29 is 9.90 Å². The summed E-state index contributed by atoms with van der Waals surface area (Å²) in [5.41, 5.74) is 0.674. The van der Waals surface area contributed by atoms with Gasteiger partial charge < -0.3 is 14.9 Å². The SMILES string of the molecule is O=C1N([C@H]2CC[C@H](O)CC2)CCC12CCCN(c1ncnc3ccccc13)C2. The van der Waals surface area contributed by atoms with Crippen LogP contribution in [0.5, 0.6) is 0 Å². The maximum Gasteiger partial charge on any atom is 0.230 e. The predicted molar refractivity (Wildman–Crippen MR) is 108 cm³/mol. The van der Waals surface area contributed by atoms with Gasteiger partial charge in [-0.3, -0.25) is 4.79 Å². The van der Waals surface area contributed by atoms with Crippen LogP contribution in [0.3, 0.4) is 0 Å². The number of hydrogen-bond acceptors (Lipinski definition) is 5. The third-order valence-electron chi connectivity index (χ3n) is 7.05. The van der Waals surface area contributed by atoms with E-state index in [2.05, 4.69) is 25.8 Å². The number of benzene rings is 1. The largest absolute Gasteiger partial charge is 0.393 e. The van der Waals surface area contributed by atoms with E-state index in [-0.39, 0.29) is 11.5 Å². The average Bonchev–Trinajstić information content (AvgIpc) is 3.04. The van der Waals surface area contributed by atoms with E-state index in [0.29, 0.717) is 11.9 Å². The van der Waals surface area contributed by atoms with E-state index >= 15 is 0 Å². The minimum atomic E-state index is -0.277. The Hall–Kier alpha value is -2.21. The number of aliphatic hydroxyl groups excluding tert-OH is 1. The molecule has 6 heteroatoms. The van der Waals surface area contributed by atoms with Gasteiger partial charge in [0.2, 0.25) is 5.91 Å². The summed E-state index contributed by atoms with van der Waals surface area (Å²) in [7, 11) is 0. The molecule has 1 atom stereocenters. The highest BCUT2D eigenvalue weighted by atomic mass is 16.3. The third kappa shape index (κ3) is 2.94. The molecule has 1 aromatic heterocycles. The first-order valence-corrected chi connectivity index (χ1v) is 10.6. The van der Waals surface area contributed by atoms with Crippen LogP contribution >= 0.6 is 0 Å². The number of amides is 1. The van der Waals surface area contributed by atoms with Crippen LogP contribution in [-0.4, -0.2) is 57.7 Å². The molecule has 5 rings (SSSR count). The number of carbonyl (C=O) groups excluding carboxylic acids is 1. The molecule has 3 heterocycles. The molecular weight excluding hydrogens is 352 g/mol. The number of hydrogen-bond donors (Lipinski definition) is 1. The normalized spacial score (nSPS) is 31.1. The summed E-state index contributed by atoms with van der Waals surface area (Å²) in [5.74, 6) is 1.29. The van der Waals surface area contributed by atoms with Crippen molar-refractivity contribution >= 4 is 22.6 Å². The Labute approximate surface area is 165 Å². The zero-order valence-electron chi connectivity index (χ0n) is 16.3. The maximum absolute atomic E-state index is 13.5. The maximum atomic E-state index is 13.5. The Morgan fingerprint density at radius 2 is 1.86 bits per heavy atom. The van der Waals surface area contributed by atoms with Crippen LogP contribution in [0.1, 0.15) is 44.9 Å². The smallest absolute Gasteiger partial charge is 0.230 e. The van der Waals surface area contributed by atoms with Gasteiger partial charge in [-0.05, 0) is 57.1 Å². The predicted octanol–water partition coefficient (Wildman–Crippen LogP) is 2.75. The van der Waals surface area contributed by atoms with Gasteiger partial charge in [-0.1, -0.05) is 12.1 Å². The number of rotatable bonds is 2. The quantitative estimate of drug-likeness (QED) is 0.868. The molecular formula is C22H28N4O2. The van der Waals surface area contributed by atoms with E-state index in [0.717, 1.165) is 81.3 Å². The lowest BCUT2D eigenvalue weighted by atomic mass is 9.78. The third-order valence-corrected chi connectivity index (χ3v) is 7.05. The fourth-order valence-electron chi connectivity index (χ4n) is 5.50. The fraction of sp³-hybridized carbons (Fsp3) is 0.591. The molecule has 3 aliphatic rings. The second kappa shape index (κ2) is 6.99. The Morgan fingerprint density at radius 3 is 2.71 bits per heavy atom. The summed E-state index contributed by atoms with van der Waals surface area (Å²) in [6, 6.07) is 8.42. The number of aromatic nitrogens is 2. The number of fused-ring (bicyclic) bond motifs is 1. The molecule has 2 aliphatic heterocycles. The van der Waals surface area contributed by atoms with Gasteiger partial charge in [0.1, 0.15) is 12.1 Å². The number of para-hydroxylation sites is 1. The monoisotopic (exact) mass is 380 g/mol. The summed E-state index contributed by atoms with van der Waals surface area (Å²) in [4.78, 5) is 26.9. The highest BCUT2D eigenvalue weighted by Gasteiger charge is 2.50. The molecule has 1 spiro atoms. The lowest BCUT2D eigenvalue weighted by Crippen LogP contribution is -2.50. The van der Waals surface area contributed by atoms with Crippen molar-refractivity contribution in [3.8, 4) is 0 Å². The van der Waals surface area contributed by atoms with Gasteiger partial charge in [-0.2, -0.15) is 0 Å². The number of anilines is 1. The van der Waals surface area contributed by atoms with Gasteiger partial charge in [0.15, 0.2) is 0 Å². The first kappa shape index (κ1) is 17.9. The van der Waals surface area contributed by atoms with Crippen molar-refractivity contribution in [2.75, 3.05) is 24.5 Å². The van der Waals surface area contributed by atoms with Crippen LogP contribution in [0.25, 0.3) is 10.9 Å². The van der Waals surface area contributed by atoms with Crippen molar-refractivity contribution in [1.29, 1.82) is 0 Å². The van der Waals surface area contributed by atoms with E-state index in [1.807, 2.05) is 18.2 Å². The summed E-state index contributed by atoms with van der Waals surface area (Å²) in [6.07, 6.45) is 7.88. The molecule has 2 saturated heterocycles. The molecule has 1 aromatic carbocycles. The second-order valence-corrected chi connectivity index (χ2v) is 8.73. The number of piperidine rings is 1. The first-order chi connectivity index (χ1) is 13.7. The Balaban J connectivity index is 1.39. The molecule has 1 saturated carbocycles. The van der Waals surface area contributed by atoms with Crippen LogP contribution < -0.4 is 4.90 Å². The van der Waals surface area contributed by atoms with Crippen LogP contribution in [0.2, 0.25) is 0 Å². The molecule has 148 valence electrons. The Kier molecular flexibility index (Phi) is 4.46. The summed E-state index contributed by atoms with van der Waals surface area (Å²) in [6.45, 7) is 2.54. The van der Waals surface area contributed by atoms with Crippen molar-refractivity contribution in [2.45, 2.75) is 57.1 Å². The van der Waals surface area contributed by atoms with Crippen LogP contribution in [0, 0.1) is 5.41 Å². The molecule has 2 aromatic rings. The van der Waals surface area contributed by atoms with Gasteiger partial charge >= 0.3 is 0 Å². The minimum absolute atomic E-state index is 0.181. The van der Waals surface area contributed by atoms with Crippen molar-refractivity contribution in [2.24, 2.45) is 5.41 Å². The van der Waals surface area contributed by atoms with Gasteiger partial charge in [0.25, 0.3) is 0 Å². The molecule has 1 aliphatic carbocycles. The zero-order valence-corrected chi connectivity index (χ0v) is 16.3. The topological polar surface area (TPSA) is 69.6 Å². The van der Waals surface area contributed by atoms with E-state index < -0.39 is 0 Å². The standard InChI is InChI=1S/C22H28N4O2/c27-17-8-6-16(7-9-17)26-13-11-22(21(26)28)10-3-12-25(14-22)20-18-4-1-2-5-19(18)23-15-24-20/h1-2,4-5,15-17,27H,3,6-14H2/t16-,17-,22?. The van der Waals surface area contributed by atoms with Crippen LogP contribution in [0.15, 0.2) is 30.6 Å². The molecule has 6 nitrogen and oxygen atoms in total. The van der Waals surface area contributed by atoms with E-state index in [9.17, 15) is 9.90 Å². The van der Waals surface area contributed by atoms with E-state index in [1.54, 1.807) is 6.33 Å². The van der Waals surface area contributed by atoms with E-state index in [1.165, 1.54) is 0 Å². The Morgan fingerprint density at radius 1 is 1.04 bits per heavy atom.